The summed E-state index contributed by atoms with van der Waals surface area (Å²) >= 11 is 12.2. The number of azide groups is 5. The van der Waals surface area contributed by atoms with E-state index in [2.05, 4.69) is 137 Å². The zero-order valence-electron chi connectivity index (χ0n) is 47.2. The topological polar surface area (TPSA) is 447 Å². The highest BCUT2D eigenvalue weighted by Crippen LogP contribution is 2.32. The molecule has 0 amide bonds. The third-order valence-electron chi connectivity index (χ3n) is 7.84. The van der Waals surface area contributed by atoms with Crippen LogP contribution in [0.3, 0.4) is 0 Å². The number of hydrogen-bond acceptors (Lipinski definition) is 20. The van der Waals surface area contributed by atoms with Crippen molar-refractivity contribution in [1.82, 2.24) is 0 Å². The van der Waals surface area contributed by atoms with E-state index in [0.29, 0.717) is 108 Å². The Morgan fingerprint density at radius 2 is 1.01 bits per heavy atom. The van der Waals surface area contributed by atoms with E-state index < -0.39 is 19.6 Å². The Labute approximate surface area is 507 Å². The predicted molar refractivity (Wildman–Crippen MR) is 327 cm³/mol. The predicted octanol–water partition coefficient (Wildman–Crippen LogP) is 12.2. The maximum Gasteiger partial charge on any atom is 0.333 e. The lowest BCUT2D eigenvalue weighted by Gasteiger charge is -2.27. The van der Waals surface area contributed by atoms with Crippen LogP contribution < -0.4 is 11.5 Å². The van der Waals surface area contributed by atoms with Crippen molar-refractivity contribution in [3.63, 3.8) is 0 Å². The molecule has 0 aliphatic heterocycles. The normalized spacial score (nSPS) is 10.4. The average molecular weight is 1410 g/mol. The summed E-state index contributed by atoms with van der Waals surface area (Å²) in [5, 5.41) is 16.4. The van der Waals surface area contributed by atoms with Crippen molar-refractivity contribution in [3.8, 4) is 0 Å². The first-order valence-electron chi connectivity index (χ1n) is 23.7. The van der Waals surface area contributed by atoms with Gasteiger partial charge in [0.05, 0.1) is 87.2 Å². The number of ketones is 1. The Hall–Kier alpha value is -4.03. The summed E-state index contributed by atoms with van der Waals surface area (Å²) in [6, 6.07) is 0. The molecule has 0 rings (SSSR count). The van der Waals surface area contributed by atoms with E-state index in [1.54, 1.807) is 48.7 Å². The van der Waals surface area contributed by atoms with Gasteiger partial charge in [0.1, 0.15) is 24.1 Å². The van der Waals surface area contributed by atoms with E-state index in [1.807, 2.05) is 13.8 Å². The van der Waals surface area contributed by atoms with Gasteiger partial charge >= 0.3 is 17.9 Å². The van der Waals surface area contributed by atoms with E-state index in [0.717, 1.165) is 13.0 Å². The van der Waals surface area contributed by atoms with Crippen molar-refractivity contribution in [2.45, 2.75) is 117 Å². The third kappa shape index (κ3) is 80.4. The Morgan fingerprint density at radius 3 is 1.36 bits per heavy atom. The average Bonchev–Trinajstić information content (AvgIpc) is 3.38. The minimum Gasteiger partial charge on any atom is -0.468 e. The molecule has 0 spiro atoms. The maximum atomic E-state index is 11.5. The van der Waals surface area contributed by atoms with Gasteiger partial charge in [-0.1, -0.05) is 131 Å². The van der Waals surface area contributed by atoms with Gasteiger partial charge in [0, 0.05) is 75.6 Å². The van der Waals surface area contributed by atoms with Gasteiger partial charge in [-0.05, 0) is 94.9 Å². The largest absolute Gasteiger partial charge is 0.468 e. The first-order chi connectivity index (χ1) is 36.7. The fourth-order valence-corrected chi connectivity index (χ4v) is 5.36. The van der Waals surface area contributed by atoms with Gasteiger partial charge < -0.3 is 54.1 Å². The Morgan fingerprint density at radius 1 is 0.588 bits per heavy atom. The minimum absolute atomic E-state index is 0. The number of Topliss-reactive ketones (excluding diaryl/α,β-unsaturated/α-hetero) is 1. The van der Waals surface area contributed by atoms with Crippen LogP contribution in [0.2, 0.25) is 0 Å². The molecule has 0 aromatic carbocycles. The van der Waals surface area contributed by atoms with Crippen molar-refractivity contribution >= 4 is 87.4 Å². The first-order valence-corrected chi connectivity index (χ1v) is 27.5. The molecule has 1 atom stereocenters. The SMILES string of the molecule is C.C.C=C(C)C(=O)OCCN.CC(C)(Br)C(=O)COCCN=[N+]=[N-].CC(C)(CCCN=[N+]=[N-])C(=O)OCCN.CCCOCCOCCOCCOCCOC.COC(=O)C(C)(Br)CC(C)(C)N=[N+]=[N-].[N-]=[N+]=NCBr.[N-]=[N+]=NCBr. The molecular weight excluding hydrogens is 1320 g/mol. The molecule has 0 radical (unpaired) electrons. The molecule has 468 valence electrons. The maximum absolute atomic E-state index is 11.5. The summed E-state index contributed by atoms with van der Waals surface area (Å²) in [5.74, 6) is -1.04. The monoisotopic (exact) mass is 1410 g/mol. The van der Waals surface area contributed by atoms with Gasteiger partial charge in [-0.2, -0.15) is 0 Å². The molecule has 0 fully saturated rings. The van der Waals surface area contributed by atoms with E-state index in [-0.39, 0.29) is 71.5 Å². The van der Waals surface area contributed by atoms with Crippen LogP contribution in [0.5, 0.6) is 0 Å². The highest BCUT2D eigenvalue weighted by molar-refractivity contribution is 9.10. The molecule has 1 unspecified atom stereocenters. The Bertz CT molecular complexity index is 1760. The second kappa shape index (κ2) is 69.2. The number of carbonyl (C=O) groups excluding carboxylic acids is 4. The van der Waals surface area contributed by atoms with E-state index in [9.17, 15) is 19.2 Å². The molecule has 4 N–H and O–H groups in total. The lowest BCUT2D eigenvalue weighted by atomic mass is 9.88. The van der Waals surface area contributed by atoms with Crippen molar-refractivity contribution in [1.29, 1.82) is 0 Å². The van der Waals surface area contributed by atoms with Gasteiger partial charge in [-0.3, -0.25) is 14.4 Å². The number of nitrogens with two attached hydrogens (primary N) is 2. The quantitative estimate of drug-likeness (QED) is 0.00677. The molecular formula is C46H93Br4N17O13. The van der Waals surface area contributed by atoms with Crippen LogP contribution in [0, 0.1) is 5.41 Å². The molecule has 34 heteroatoms. The van der Waals surface area contributed by atoms with Crippen molar-refractivity contribution in [3.05, 3.63) is 64.4 Å². The molecule has 0 heterocycles. The summed E-state index contributed by atoms with van der Waals surface area (Å²) < 4.78 is 43.7. The number of rotatable bonds is 36. The van der Waals surface area contributed by atoms with Gasteiger partial charge in [-0.25, -0.2) is 4.79 Å². The Balaban J connectivity index is -0.000000108. The summed E-state index contributed by atoms with van der Waals surface area (Å²) in [4.78, 5) is 57.4. The molecule has 0 aliphatic rings. The van der Waals surface area contributed by atoms with Gasteiger partial charge in [-0.15, -0.1) is 0 Å². The summed E-state index contributed by atoms with van der Waals surface area (Å²) in [6.07, 6.45) is 2.73. The Kier molecular flexibility index (Phi) is 82.4. The van der Waals surface area contributed by atoms with Crippen LogP contribution in [-0.4, -0.2) is 175 Å². The molecule has 0 bridgehead atoms. The molecule has 30 nitrogen and oxygen atoms in total. The number of nitrogens with zero attached hydrogens (tertiary/aromatic N) is 15. The zero-order valence-corrected chi connectivity index (χ0v) is 53.5. The second-order valence-electron chi connectivity index (χ2n) is 16.5. The summed E-state index contributed by atoms with van der Waals surface area (Å²) in [7, 11) is 2.98. The van der Waals surface area contributed by atoms with E-state index >= 15 is 0 Å². The third-order valence-corrected chi connectivity index (χ3v) is 9.34. The molecule has 0 aromatic heterocycles. The lowest BCUT2D eigenvalue weighted by Crippen LogP contribution is -2.36. The molecule has 0 saturated heterocycles. The van der Waals surface area contributed by atoms with Gasteiger partial charge in [0.2, 0.25) is 0 Å². The lowest BCUT2D eigenvalue weighted by molar-refractivity contribution is -0.154. The van der Waals surface area contributed by atoms with Crippen LogP contribution in [-0.2, 0) is 61.8 Å². The summed E-state index contributed by atoms with van der Waals surface area (Å²) in [5.41, 5.74) is 49.6. The number of alkyl halides is 4. The fourth-order valence-electron chi connectivity index (χ4n) is 4.20. The highest BCUT2D eigenvalue weighted by atomic mass is 79.9. The van der Waals surface area contributed by atoms with Gasteiger partial charge in [0.15, 0.2) is 5.78 Å². The van der Waals surface area contributed by atoms with Crippen LogP contribution in [0.25, 0.3) is 52.2 Å². The molecule has 0 saturated carbocycles. The van der Waals surface area contributed by atoms with E-state index in [4.69, 9.17) is 72.3 Å². The number of ether oxygens (including phenoxy) is 9. The van der Waals surface area contributed by atoms with Crippen LogP contribution in [0.15, 0.2) is 37.7 Å². The standard InChI is InChI=1S/C12H26O5.C9H18N4O2.C8H14BrN3O2.C7H12BrN3O2.C6H11NO2.2CH2BrN3.2CH4/c1-3-4-14-7-8-16-11-12-17-10-9-15-6-5-13-2;1-9(2,4-3-6-12-13-11)8(14)15-7-5-10;1-7(2,11-12-10)5-8(3,9)6(13)14-4;1-7(2,8)6(12)5-13-4-3-10-11-9;1-5(2)6(8)9-4-3-7;2*2-1-4-5-3;;/h3-12H2,1-2H3;3-7,10H2,1-2H3;5H2,1-4H3;3-5H2,1-2H3;1,3-4,7H2,2H3;2*1H2;2*1H4. The highest BCUT2D eigenvalue weighted by Gasteiger charge is 2.37. The van der Waals surface area contributed by atoms with Gasteiger partial charge in [0.25, 0.3) is 0 Å². The number of esters is 3. The van der Waals surface area contributed by atoms with Crippen LogP contribution in [0.4, 0.5) is 0 Å². The number of hydrogen-bond donors (Lipinski definition) is 2. The minimum atomic E-state index is -0.820. The van der Waals surface area contributed by atoms with Crippen LogP contribution in [0.1, 0.15) is 103 Å². The molecule has 0 aliphatic carbocycles. The van der Waals surface area contributed by atoms with E-state index in [1.165, 1.54) is 7.11 Å². The number of halogens is 4. The smallest absolute Gasteiger partial charge is 0.333 e. The van der Waals surface area contributed by atoms with Crippen molar-refractivity contribution in [2.24, 2.45) is 42.5 Å². The molecule has 0 aromatic rings. The second-order valence-corrected chi connectivity index (χ2v) is 21.2. The fraction of sp³-hybridized carbons (Fsp3) is 0.870. The first kappa shape index (κ1) is 95.2. The zero-order chi connectivity index (χ0) is 61.6. The van der Waals surface area contributed by atoms with Crippen LogP contribution >= 0.6 is 63.7 Å². The summed E-state index contributed by atoms with van der Waals surface area (Å²) in [6.45, 7) is 27.3. The van der Waals surface area contributed by atoms with Crippen molar-refractivity contribution in [2.75, 3.05) is 137 Å². The number of carbonyl (C=O) groups is 4. The van der Waals surface area contributed by atoms with Crippen molar-refractivity contribution < 1.29 is 61.8 Å². The number of methoxy groups -OCH3 is 2. The molecule has 80 heavy (non-hydrogen) atoms.